The molecule has 5 nitrogen and oxygen atoms in total. The standard InChI is InChI=1S/C19H21BrClN3O2/c1-11-9-12(2)23-19(22-11)26-15-6-4-14(5-7-15)24-18(25)16-10-13(20)3-8-17(16)21/h3,8-10,14-15H,4-7H2,1-2H3,(H,24,25). The Morgan fingerprint density at radius 3 is 2.46 bits per heavy atom. The quantitative estimate of drug-likeness (QED) is 0.756. The van der Waals surface area contributed by atoms with Crippen LogP contribution in [0.5, 0.6) is 6.01 Å². The zero-order valence-corrected chi connectivity index (χ0v) is 17.1. The van der Waals surface area contributed by atoms with Crippen LogP contribution in [0.25, 0.3) is 0 Å². The number of amides is 1. The van der Waals surface area contributed by atoms with Crippen LogP contribution in [0.2, 0.25) is 5.02 Å². The van der Waals surface area contributed by atoms with E-state index in [1.165, 1.54) is 0 Å². The van der Waals surface area contributed by atoms with Gasteiger partial charge in [0.25, 0.3) is 5.91 Å². The largest absolute Gasteiger partial charge is 0.460 e. The highest BCUT2D eigenvalue weighted by Gasteiger charge is 2.25. The van der Waals surface area contributed by atoms with Gasteiger partial charge in [-0.15, -0.1) is 0 Å². The van der Waals surface area contributed by atoms with Crippen LogP contribution in [0.1, 0.15) is 47.4 Å². The molecule has 1 heterocycles. The Labute approximate surface area is 166 Å². The summed E-state index contributed by atoms with van der Waals surface area (Å²) in [6.07, 6.45) is 3.50. The smallest absolute Gasteiger partial charge is 0.317 e. The summed E-state index contributed by atoms with van der Waals surface area (Å²) in [5.41, 5.74) is 2.29. The van der Waals surface area contributed by atoms with E-state index in [0.717, 1.165) is 41.5 Å². The molecular formula is C19H21BrClN3O2. The van der Waals surface area contributed by atoms with Crippen molar-refractivity contribution >= 4 is 33.4 Å². The summed E-state index contributed by atoms with van der Waals surface area (Å²) in [7, 11) is 0. The number of benzene rings is 1. The van der Waals surface area contributed by atoms with Crippen molar-refractivity contribution in [1.82, 2.24) is 15.3 Å². The molecule has 1 fully saturated rings. The molecule has 1 aliphatic rings. The number of carbonyl (C=O) groups excluding carboxylic acids is 1. The molecule has 0 aliphatic heterocycles. The molecule has 1 aromatic carbocycles. The van der Waals surface area contributed by atoms with Crippen LogP contribution in [0, 0.1) is 13.8 Å². The monoisotopic (exact) mass is 437 g/mol. The molecule has 26 heavy (non-hydrogen) atoms. The molecule has 7 heteroatoms. The lowest BCUT2D eigenvalue weighted by Crippen LogP contribution is -2.40. The average molecular weight is 439 g/mol. The predicted octanol–water partition coefficient (Wildman–Crippen LogP) is 4.63. The van der Waals surface area contributed by atoms with Crippen molar-refractivity contribution in [1.29, 1.82) is 0 Å². The Balaban J connectivity index is 1.53. The topological polar surface area (TPSA) is 64.1 Å². The van der Waals surface area contributed by atoms with E-state index in [1.54, 1.807) is 12.1 Å². The Hall–Kier alpha value is -1.66. The number of nitrogens with zero attached hydrogens (tertiary/aromatic N) is 2. The first-order valence-electron chi connectivity index (χ1n) is 8.65. The fraction of sp³-hybridized carbons (Fsp3) is 0.421. The zero-order valence-electron chi connectivity index (χ0n) is 14.8. The number of halogens is 2. The van der Waals surface area contributed by atoms with Crippen LogP contribution in [0.3, 0.4) is 0 Å². The van der Waals surface area contributed by atoms with E-state index in [2.05, 4.69) is 31.2 Å². The normalized spacial score (nSPS) is 19.8. The lowest BCUT2D eigenvalue weighted by molar-refractivity contribution is 0.0884. The number of carbonyl (C=O) groups is 1. The fourth-order valence-corrected chi connectivity index (χ4v) is 3.72. The average Bonchev–Trinajstić information content (AvgIpc) is 2.58. The minimum absolute atomic E-state index is 0.0822. The first-order valence-corrected chi connectivity index (χ1v) is 9.82. The van der Waals surface area contributed by atoms with Gasteiger partial charge in [-0.05, 0) is 63.8 Å². The van der Waals surface area contributed by atoms with Crippen LogP contribution in [0.4, 0.5) is 0 Å². The molecule has 0 saturated heterocycles. The minimum Gasteiger partial charge on any atom is -0.460 e. The van der Waals surface area contributed by atoms with Crippen LogP contribution in [-0.4, -0.2) is 28.0 Å². The van der Waals surface area contributed by atoms with E-state index in [1.807, 2.05) is 26.0 Å². The molecule has 1 aromatic heterocycles. The molecule has 1 aliphatic carbocycles. The summed E-state index contributed by atoms with van der Waals surface area (Å²) in [5, 5.41) is 3.53. The number of aromatic nitrogens is 2. The molecule has 0 bridgehead atoms. The SMILES string of the molecule is Cc1cc(C)nc(OC2CCC(NC(=O)c3cc(Br)ccc3Cl)CC2)n1. The van der Waals surface area contributed by atoms with E-state index >= 15 is 0 Å². The lowest BCUT2D eigenvalue weighted by atomic mass is 9.92. The van der Waals surface area contributed by atoms with Gasteiger partial charge in [0.1, 0.15) is 6.10 Å². The molecule has 3 rings (SSSR count). The van der Waals surface area contributed by atoms with Gasteiger partial charge in [0, 0.05) is 21.9 Å². The number of hydrogen-bond acceptors (Lipinski definition) is 4. The van der Waals surface area contributed by atoms with E-state index in [4.69, 9.17) is 16.3 Å². The van der Waals surface area contributed by atoms with Gasteiger partial charge in [-0.3, -0.25) is 4.79 Å². The molecule has 1 N–H and O–H groups in total. The van der Waals surface area contributed by atoms with Gasteiger partial charge in [-0.2, -0.15) is 0 Å². The maximum Gasteiger partial charge on any atom is 0.317 e. The molecule has 0 unspecified atom stereocenters. The molecule has 0 spiro atoms. The number of hydrogen-bond donors (Lipinski definition) is 1. The zero-order chi connectivity index (χ0) is 18.7. The maximum absolute atomic E-state index is 12.5. The summed E-state index contributed by atoms with van der Waals surface area (Å²) in [4.78, 5) is 21.1. The minimum atomic E-state index is -0.140. The molecule has 1 amide bonds. The van der Waals surface area contributed by atoms with Crippen LogP contribution in [0.15, 0.2) is 28.7 Å². The number of aryl methyl sites for hydroxylation is 2. The van der Waals surface area contributed by atoms with E-state index in [-0.39, 0.29) is 18.1 Å². The predicted molar refractivity (Wildman–Crippen MR) is 105 cm³/mol. The summed E-state index contributed by atoms with van der Waals surface area (Å²) in [6, 6.07) is 7.76. The summed E-state index contributed by atoms with van der Waals surface area (Å²) >= 11 is 9.50. The molecule has 0 radical (unpaired) electrons. The third-order valence-electron chi connectivity index (χ3n) is 4.42. The number of rotatable bonds is 4. The summed E-state index contributed by atoms with van der Waals surface area (Å²) < 4.78 is 6.76. The van der Waals surface area contributed by atoms with Crippen LogP contribution in [-0.2, 0) is 0 Å². The second-order valence-electron chi connectivity index (χ2n) is 6.62. The third-order valence-corrected chi connectivity index (χ3v) is 5.24. The van der Waals surface area contributed by atoms with Crippen molar-refractivity contribution in [3.63, 3.8) is 0 Å². The highest BCUT2D eigenvalue weighted by Crippen LogP contribution is 2.25. The van der Waals surface area contributed by atoms with Gasteiger partial charge < -0.3 is 10.1 Å². The molecular weight excluding hydrogens is 418 g/mol. The van der Waals surface area contributed by atoms with E-state index in [0.29, 0.717) is 16.6 Å². The van der Waals surface area contributed by atoms with Gasteiger partial charge in [-0.25, -0.2) is 9.97 Å². The van der Waals surface area contributed by atoms with Gasteiger partial charge >= 0.3 is 6.01 Å². The van der Waals surface area contributed by atoms with Crippen molar-refractivity contribution < 1.29 is 9.53 Å². The number of ether oxygens (including phenoxy) is 1. The van der Waals surface area contributed by atoms with Gasteiger partial charge in [0.2, 0.25) is 0 Å². The summed E-state index contributed by atoms with van der Waals surface area (Å²) in [6.45, 7) is 3.86. The number of nitrogens with one attached hydrogen (secondary N) is 1. The first kappa shape index (κ1) is 19.1. The van der Waals surface area contributed by atoms with E-state index in [9.17, 15) is 4.79 Å². The van der Waals surface area contributed by atoms with Gasteiger partial charge in [0.05, 0.1) is 10.6 Å². The third kappa shape index (κ3) is 4.95. The lowest BCUT2D eigenvalue weighted by Gasteiger charge is -2.29. The Morgan fingerprint density at radius 1 is 1.15 bits per heavy atom. The van der Waals surface area contributed by atoms with E-state index < -0.39 is 0 Å². The van der Waals surface area contributed by atoms with Crippen molar-refractivity contribution in [2.24, 2.45) is 0 Å². The Morgan fingerprint density at radius 2 is 1.81 bits per heavy atom. The molecule has 0 atom stereocenters. The Kier molecular flexibility index (Phi) is 6.14. The van der Waals surface area contributed by atoms with Gasteiger partial charge in [0.15, 0.2) is 0 Å². The molecule has 2 aromatic rings. The highest BCUT2D eigenvalue weighted by atomic mass is 79.9. The summed E-state index contributed by atoms with van der Waals surface area (Å²) in [5.74, 6) is -0.140. The van der Waals surface area contributed by atoms with Gasteiger partial charge in [-0.1, -0.05) is 27.5 Å². The van der Waals surface area contributed by atoms with Crippen molar-refractivity contribution in [2.75, 3.05) is 0 Å². The van der Waals surface area contributed by atoms with Crippen LogP contribution >= 0.6 is 27.5 Å². The molecule has 1 saturated carbocycles. The highest BCUT2D eigenvalue weighted by molar-refractivity contribution is 9.10. The van der Waals surface area contributed by atoms with Crippen molar-refractivity contribution in [3.8, 4) is 6.01 Å². The Bertz CT molecular complexity index is 787. The second-order valence-corrected chi connectivity index (χ2v) is 7.95. The van der Waals surface area contributed by atoms with Crippen molar-refractivity contribution in [2.45, 2.75) is 51.7 Å². The fourth-order valence-electron chi connectivity index (χ4n) is 3.16. The van der Waals surface area contributed by atoms with Crippen molar-refractivity contribution in [3.05, 3.63) is 50.7 Å². The first-order chi connectivity index (χ1) is 12.4. The van der Waals surface area contributed by atoms with Crippen LogP contribution < -0.4 is 10.1 Å². The second kappa shape index (κ2) is 8.35. The molecule has 138 valence electrons. The maximum atomic E-state index is 12.5.